The number of aromatic nitrogens is 1. The van der Waals surface area contributed by atoms with Gasteiger partial charge in [0.2, 0.25) is 11.8 Å². The van der Waals surface area contributed by atoms with E-state index in [-0.39, 0.29) is 36.5 Å². The second-order valence-electron chi connectivity index (χ2n) is 7.29. The molecule has 2 fully saturated rings. The highest BCUT2D eigenvalue weighted by molar-refractivity contribution is 5.89. The highest BCUT2D eigenvalue weighted by Gasteiger charge is 2.38. The van der Waals surface area contributed by atoms with Crippen molar-refractivity contribution < 1.29 is 18.5 Å². The third kappa shape index (κ3) is 3.86. The van der Waals surface area contributed by atoms with Gasteiger partial charge in [-0.3, -0.25) is 9.59 Å². The maximum absolute atomic E-state index is 13.3. The van der Waals surface area contributed by atoms with Gasteiger partial charge in [0.05, 0.1) is 12.5 Å². The highest BCUT2D eigenvalue weighted by atomic mass is 19.1. The Bertz CT molecular complexity index is 845. The molecule has 2 heterocycles. The molecule has 0 spiro atoms. The average molecular weight is 371 g/mol. The van der Waals surface area contributed by atoms with E-state index in [1.54, 1.807) is 18.2 Å². The zero-order valence-corrected chi connectivity index (χ0v) is 15.0. The Morgan fingerprint density at radius 3 is 2.89 bits per heavy atom. The standard InChI is InChI=1S/C20H22FN3O3/c21-15-5-3-4-13(8-15)18-10-17(27-23-18)11-22-20(26)14-9-19(25)24(12-14)16-6-1-2-7-16/h3-5,8,10,14,16H,1-2,6-7,9,11-12H2,(H,22,26)/t14-/m1/s1. The Balaban J connectivity index is 1.33. The summed E-state index contributed by atoms with van der Waals surface area (Å²) >= 11 is 0. The van der Waals surface area contributed by atoms with Crippen LogP contribution in [0.1, 0.15) is 37.9 Å². The zero-order valence-electron chi connectivity index (χ0n) is 15.0. The molecule has 0 radical (unpaired) electrons. The van der Waals surface area contributed by atoms with E-state index in [0.29, 0.717) is 29.6 Å². The summed E-state index contributed by atoms with van der Waals surface area (Å²) in [5, 5.41) is 6.75. The van der Waals surface area contributed by atoms with Crippen molar-refractivity contribution in [1.82, 2.24) is 15.4 Å². The molecule has 1 saturated carbocycles. The van der Waals surface area contributed by atoms with Crippen molar-refractivity contribution in [2.45, 2.75) is 44.7 Å². The minimum atomic E-state index is -0.344. The molecule has 1 aromatic heterocycles. The number of hydrogen-bond donors (Lipinski definition) is 1. The predicted octanol–water partition coefficient (Wildman–Crippen LogP) is 2.89. The van der Waals surface area contributed by atoms with Crippen LogP contribution >= 0.6 is 0 Å². The summed E-state index contributed by atoms with van der Waals surface area (Å²) in [5.41, 5.74) is 1.13. The van der Waals surface area contributed by atoms with Gasteiger partial charge in [0.25, 0.3) is 0 Å². The molecule has 0 bridgehead atoms. The molecule has 2 aromatic rings. The van der Waals surface area contributed by atoms with Gasteiger partial charge in [-0.2, -0.15) is 0 Å². The fourth-order valence-corrected chi connectivity index (χ4v) is 3.97. The van der Waals surface area contributed by atoms with E-state index in [0.717, 1.165) is 25.7 Å². The zero-order chi connectivity index (χ0) is 18.8. The molecule has 1 aliphatic carbocycles. The van der Waals surface area contributed by atoms with Crippen LogP contribution in [-0.2, 0) is 16.1 Å². The minimum absolute atomic E-state index is 0.0788. The van der Waals surface area contributed by atoms with Crippen LogP contribution in [0.25, 0.3) is 11.3 Å². The summed E-state index contributed by atoms with van der Waals surface area (Å²) in [6.07, 6.45) is 4.67. The molecule has 1 saturated heterocycles. The topological polar surface area (TPSA) is 75.4 Å². The SMILES string of the molecule is O=C(NCc1cc(-c2cccc(F)c2)no1)[C@@H]1CC(=O)N(C2CCCC2)C1. The lowest BCUT2D eigenvalue weighted by atomic mass is 10.1. The normalized spacial score (nSPS) is 20.4. The van der Waals surface area contributed by atoms with Gasteiger partial charge in [-0.1, -0.05) is 30.1 Å². The Morgan fingerprint density at radius 1 is 1.30 bits per heavy atom. The smallest absolute Gasteiger partial charge is 0.225 e. The maximum atomic E-state index is 13.3. The molecule has 1 N–H and O–H groups in total. The first kappa shape index (κ1) is 17.7. The van der Waals surface area contributed by atoms with E-state index in [9.17, 15) is 14.0 Å². The number of halogens is 1. The molecule has 0 unspecified atom stereocenters. The van der Waals surface area contributed by atoms with Crippen molar-refractivity contribution in [2.24, 2.45) is 5.92 Å². The number of carbonyl (C=O) groups is 2. The largest absolute Gasteiger partial charge is 0.359 e. The van der Waals surface area contributed by atoms with Gasteiger partial charge in [-0.15, -0.1) is 0 Å². The fourth-order valence-electron chi connectivity index (χ4n) is 3.97. The first-order chi connectivity index (χ1) is 13.1. The Labute approximate surface area is 156 Å². The summed E-state index contributed by atoms with van der Waals surface area (Å²) in [6.45, 7) is 0.690. The van der Waals surface area contributed by atoms with E-state index < -0.39 is 0 Å². The molecule has 27 heavy (non-hydrogen) atoms. The van der Waals surface area contributed by atoms with Crippen molar-refractivity contribution in [3.05, 3.63) is 41.9 Å². The first-order valence-electron chi connectivity index (χ1n) is 9.39. The van der Waals surface area contributed by atoms with Crippen molar-refractivity contribution >= 4 is 11.8 Å². The first-order valence-corrected chi connectivity index (χ1v) is 9.39. The maximum Gasteiger partial charge on any atom is 0.225 e. The molecular weight excluding hydrogens is 349 g/mol. The summed E-state index contributed by atoms with van der Waals surface area (Å²) in [4.78, 5) is 26.6. The fraction of sp³-hybridized carbons (Fsp3) is 0.450. The molecule has 2 aliphatic rings. The quantitative estimate of drug-likeness (QED) is 0.877. The summed E-state index contributed by atoms with van der Waals surface area (Å²) in [7, 11) is 0. The molecule has 2 amide bonds. The average Bonchev–Trinajstić information content (AvgIpc) is 3.40. The molecular formula is C20H22FN3O3. The van der Waals surface area contributed by atoms with Gasteiger partial charge in [-0.25, -0.2) is 4.39 Å². The number of carbonyl (C=O) groups excluding carboxylic acids is 2. The van der Waals surface area contributed by atoms with E-state index in [2.05, 4.69) is 10.5 Å². The van der Waals surface area contributed by atoms with Crippen LogP contribution in [0.2, 0.25) is 0 Å². The van der Waals surface area contributed by atoms with Crippen molar-refractivity contribution in [3.63, 3.8) is 0 Å². The second kappa shape index (κ2) is 7.50. The molecule has 4 rings (SSSR count). The molecule has 1 atom stereocenters. The van der Waals surface area contributed by atoms with Crippen LogP contribution in [0.5, 0.6) is 0 Å². The van der Waals surface area contributed by atoms with Gasteiger partial charge in [0.1, 0.15) is 11.5 Å². The van der Waals surface area contributed by atoms with E-state index >= 15 is 0 Å². The number of nitrogens with one attached hydrogen (secondary N) is 1. The Morgan fingerprint density at radius 2 is 2.11 bits per heavy atom. The van der Waals surface area contributed by atoms with Crippen LogP contribution in [0.3, 0.4) is 0 Å². The predicted molar refractivity (Wildman–Crippen MR) is 95.8 cm³/mol. The van der Waals surface area contributed by atoms with Crippen LogP contribution in [0.4, 0.5) is 4.39 Å². The molecule has 1 aliphatic heterocycles. The van der Waals surface area contributed by atoms with Gasteiger partial charge >= 0.3 is 0 Å². The van der Waals surface area contributed by atoms with Gasteiger partial charge in [0, 0.05) is 30.6 Å². The van der Waals surface area contributed by atoms with Gasteiger partial charge in [0.15, 0.2) is 5.76 Å². The molecule has 1 aromatic carbocycles. The van der Waals surface area contributed by atoms with Crippen molar-refractivity contribution in [2.75, 3.05) is 6.54 Å². The third-order valence-electron chi connectivity index (χ3n) is 5.41. The van der Waals surface area contributed by atoms with Gasteiger partial charge < -0.3 is 14.7 Å². The molecule has 142 valence electrons. The number of nitrogens with zero attached hydrogens (tertiary/aromatic N) is 2. The van der Waals surface area contributed by atoms with E-state index in [1.165, 1.54) is 12.1 Å². The Kier molecular flexibility index (Phi) is 4.92. The van der Waals surface area contributed by atoms with E-state index in [1.807, 2.05) is 4.90 Å². The summed E-state index contributed by atoms with van der Waals surface area (Å²) in [5.74, 6) is -0.242. The number of rotatable bonds is 5. The van der Waals surface area contributed by atoms with Crippen molar-refractivity contribution in [1.29, 1.82) is 0 Å². The number of benzene rings is 1. The molecule has 7 heteroatoms. The van der Waals surface area contributed by atoms with Crippen LogP contribution in [0, 0.1) is 11.7 Å². The summed E-state index contributed by atoms with van der Waals surface area (Å²) < 4.78 is 18.5. The van der Waals surface area contributed by atoms with Crippen LogP contribution in [-0.4, -0.2) is 34.5 Å². The minimum Gasteiger partial charge on any atom is -0.359 e. The number of hydrogen-bond acceptors (Lipinski definition) is 4. The number of likely N-dealkylation sites (tertiary alicyclic amines) is 1. The van der Waals surface area contributed by atoms with Crippen molar-refractivity contribution in [3.8, 4) is 11.3 Å². The lowest BCUT2D eigenvalue weighted by molar-refractivity contribution is -0.130. The second-order valence-corrected chi connectivity index (χ2v) is 7.29. The molecule has 6 nitrogen and oxygen atoms in total. The van der Waals surface area contributed by atoms with Crippen LogP contribution < -0.4 is 5.32 Å². The summed E-state index contributed by atoms with van der Waals surface area (Å²) in [6, 6.07) is 8.07. The Hall–Kier alpha value is -2.70. The van der Waals surface area contributed by atoms with Gasteiger partial charge in [-0.05, 0) is 25.0 Å². The monoisotopic (exact) mass is 371 g/mol. The van der Waals surface area contributed by atoms with E-state index in [4.69, 9.17) is 4.52 Å². The highest BCUT2D eigenvalue weighted by Crippen LogP contribution is 2.29. The lowest BCUT2D eigenvalue weighted by Crippen LogP contribution is -2.36. The van der Waals surface area contributed by atoms with Crippen LogP contribution in [0.15, 0.2) is 34.9 Å². The third-order valence-corrected chi connectivity index (χ3v) is 5.41. The lowest BCUT2D eigenvalue weighted by Gasteiger charge is -2.23. The number of amides is 2.